The average molecular weight is 482 g/mol. The second-order valence-corrected chi connectivity index (χ2v) is 9.43. The molecular weight excluding hydrogens is 460 g/mol. The Hall–Kier alpha value is -3.59. The lowest BCUT2D eigenvalue weighted by molar-refractivity contribution is -0.132. The summed E-state index contributed by atoms with van der Waals surface area (Å²) in [5.74, 6) is -2.23. The average Bonchev–Trinajstić information content (AvgIpc) is 3.42. The molecule has 0 saturated carbocycles. The van der Waals surface area contributed by atoms with Crippen LogP contribution < -0.4 is 0 Å². The van der Waals surface area contributed by atoms with Crippen LogP contribution in [0.5, 0.6) is 0 Å². The minimum absolute atomic E-state index is 0.0198. The molecule has 0 unspecified atom stereocenters. The van der Waals surface area contributed by atoms with E-state index in [-0.39, 0.29) is 23.7 Å². The van der Waals surface area contributed by atoms with E-state index in [1.54, 1.807) is 23.2 Å². The Morgan fingerprint density at radius 1 is 1.15 bits per heavy atom. The maximum Gasteiger partial charge on any atom is 0.345 e. The third kappa shape index (κ3) is 4.19. The van der Waals surface area contributed by atoms with Gasteiger partial charge in [-0.3, -0.25) is 4.79 Å². The van der Waals surface area contributed by atoms with Crippen molar-refractivity contribution in [2.45, 2.75) is 32.4 Å². The number of thiophene rings is 1. The Morgan fingerprint density at radius 3 is 2.76 bits per heavy atom. The summed E-state index contributed by atoms with van der Waals surface area (Å²) in [6.07, 6.45) is 3.09. The predicted octanol–water partition coefficient (Wildman–Crippen LogP) is 4.64. The van der Waals surface area contributed by atoms with Gasteiger partial charge in [0.2, 0.25) is 5.91 Å². The van der Waals surface area contributed by atoms with Crippen molar-refractivity contribution in [3.05, 3.63) is 86.9 Å². The molecule has 0 aliphatic carbocycles. The van der Waals surface area contributed by atoms with Crippen LogP contribution in [0.3, 0.4) is 0 Å². The minimum atomic E-state index is -0.967. The summed E-state index contributed by atoms with van der Waals surface area (Å²) >= 11 is 1.18. The number of hydrogen-bond acceptors (Lipinski definition) is 4. The van der Waals surface area contributed by atoms with Crippen molar-refractivity contribution in [1.82, 2.24) is 14.5 Å². The monoisotopic (exact) mass is 481 g/mol. The molecule has 0 radical (unpaired) electrons. The number of carboxylic acid groups (broad SMARTS) is 1. The van der Waals surface area contributed by atoms with Crippen LogP contribution in [0.25, 0.3) is 11.0 Å². The molecule has 4 heterocycles. The lowest BCUT2D eigenvalue weighted by Gasteiger charge is -2.28. The number of halogens is 2. The van der Waals surface area contributed by atoms with Crippen LogP contribution in [0.15, 0.2) is 48.7 Å². The van der Waals surface area contributed by atoms with E-state index in [1.165, 1.54) is 23.5 Å². The van der Waals surface area contributed by atoms with Crippen LogP contribution in [0.2, 0.25) is 0 Å². The number of benzene rings is 1. The highest BCUT2D eigenvalue weighted by Gasteiger charge is 2.27. The molecule has 1 aliphatic rings. The van der Waals surface area contributed by atoms with Gasteiger partial charge in [0.1, 0.15) is 22.2 Å². The van der Waals surface area contributed by atoms with Crippen LogP contribution in [0.4, 0.5) is 8.78 Å². The number of carbonyl (C=O) groups is 2. The van der Waals surface area contributed by atoms with Crippen LogP contribution in [0.1, 0.15) is 37.8 Å². The molecule has 6 nitrogen and oxygen atoms in total. The van der Waals surface area contributed by atoms with Gasteiger partial charge in [-0.05, 0) is 48.7 Å². The van der Waals surface area contributed by atoms with E-state index in [4.69, 9.17) is 5.11 Å². The Bertz CT molecular complexity index is 1410. The third-order valence-electron chi connectivity index (χ3n) is 6.17. The maximum atomic E-state index is 14.4. The van der Waals surface area contributed by atoms with Gasteiger partial charge in [-0.1, -0.05) is 6.07 Å². The van der Waals surface area contributed by atoms with Crippen molar-refractivity contribution < 1.29 is 23.5 Å². The topological polar surface area (TPSA) is 75.4 Å². The van der Waals surface area contributed by atoms with E-state index >= 15 is 0 Å². The van der Waals surface area contributed by atoms with Gasteiger partial charge in [0.05, 0.1) is 13.1 Å². The number of carbonyl (C=O) groups excluding carboxylic acids is 1. The molecular formula is C25H21F2N3O3S. The molecule has 5 rings (SSSR count). The Kier molecular flexibility index (Phi) is 5.87. The van der Waals surface area contributed by atoms with Gasteiger partial charge in [0.15, 0.2) is 0 Å². The van der Waals surface area contributed by atoms with E-state index in [0.29, 0.717) is 37.1 Å². The molecule has 1 amide bonds. The summed E-state index contributed by atoms with van der Waals surface area (Å²) in [6, 6.07) is 10.7. The van der Waals surface area contributed by atoms with Crippen LogP contribution in [0, 0.1) is 11.6 Å². The second-order valence-electron chi connectivity index (χ2n) is 8.26. The Balaban J connectivity index is 1.39. The number of aryl methyl sites for hydroxylation is 1. The Morgan fingerprint density at radius 2 is 2.00 bits per heavy atom. The Labute approximate surface area is 198 Å². The zero-order chi connectivity index (χ0) is 23.8. The molecule has 1 N–H and O–H groups in total. The fourth-order valence-electron chi connectivity index (χ4n) is 4.48. The zero-order valence-corrected chi connectivity index (χ0v) is 18.9. The van der Waals surface area contributed by atoms with E-state index < -0.39 is 17.6 Å². The molecule has 0 bridgehead atoms. The number of rotatable bonds is 6. The van der Waals surface area contributed by atoms with Crippen molar-refractivity contribution in [2.75, 3.05) is 6.54 Å². The lowest BCUT2D eigenvalue weighted by atomic mass is 10.0. The van der Waals surface area contributed by atoms with Crippen LogP contribution in [-0.4, -0.2) is 38.0 Å². The van der Waals surface area contributed by atoms with Gasteiger partial charge in [-0.15, -0.1) is 11.3 Å². The van der Waals surface area contributed by atoms with Crippen molar-refractivity contribution in [2.24, 2.45) is 0 Å². The van der Waals surface area contributed by atoms with Crippen LogP contribution >= 0.6 is 11.3 Å². The van der Waals surface area contributed by atoms with Crippen molar-refractivity contribution in [3.8, 4) is 0 Å². The molecule has 0 saturated heterocycles. The summed E-state index contributed by atoms with van der Waals surface area (Å²) in [6.45, 7) is 1.12. The number of fused-ring (bicyclic) bond motifs is 3. The predicted molar refractivity (Wildman–Crippen MR) is 124 cm³/mol. The van der Waals surface area contributed by atoms with E-state index in [1.807, 2.05) is 16.7 Å². The quantitative estimate of drug-likeness (QED) is 0.435. The number of hydrogen-bond donors (Lipinski definition) is 1. The number of pyridine rings is 1. The van der Waals surface area contributed by atoms with Gasteiger partial charge in [-0.25, -0.2) is 18.6 Å². The molecule has 0 atom stereocenters. The summed E-state index contributed by atoms with van der Waals surface area (Å²) in [7, 11) is 0. The first-order chi connectivity index (χ1) is 16.4. The largest absolute Gasteiger partial charge is 0.477 e. The molecule has 9 heteroatoms. The summed E-state index contributed by atoms with van der Waals surface area (Å²) in [5.41, 5.74) is 3.06. The smallest absolute Gasteiger partial charge is 0.345 e. The fraction of sp³-hybridized carbons (Fsp3) is 0.240. The summed E-state index contributed by atoms with van der Waals surface area (Å²) < 4.78 is 29.7. The van der Waals surface area contributed by atoms with Gasteiger partial charge < -0.3 is 14.6 Å². The maximum absolute atomic E-state index is 14.4. The SMILES string of the molecule is O=C(O)c1ccc(CCC(=O)N2CCc3c(n(Cc4ccc(F)cc4F)c4ncccc34)C2)s1. The third-order valence-corrected chi connectivity index (χ3v) is 7.30. The first-order valence-corrected chi connectivity index (χ1v) is 11.7. The minimum Gasteiger partial charge on any atom is -0.477 e. The highest BCUT2D eigenvalue weighted by Crippen LogP contribution is 2.31. The van der Waals surface area contributed by atoms with Gasteiger partial charge in [0, 0.05) is 46.7 Å². The molecule has 1 aliphatic heterocycles. The first kappa shape index (κ1) is 22.2. The second kappa shape index (κ2) is 8.98. The summed E-state index contributed by atoms with van der Waals surface area (Å²) in [5, 5.41) is 10.1. The lowest BCUT2D eigenvalue weighted by Crippen LogP contribution is -2.36. The number of nitrogens with zero attached hydrogens (tertiary/aromatic N) is 3. The molecule has 3 aromatic heterocycles. The van der Waals surface area contributed by atoms with Crippen LogP contribution in [-0.2, 0) is 30.7 Å². The van der Waals surface area contributed by atoms with Crippen molar-refractivity contribution in [3.63, 3.8) is 0 Å². The highest BCUT2D eigenvalue weighted by molar-refractivity contribution is 7.13. The van der Waals surface area contributed by atoms with E-state index in [2.05, 4.69) is 4.98 Å². The number of amides is 1. The van der Waals surface area contributed by atoms with Crippen molar-refractivity contribution in [1.29, 1.82) is 0 Å². The molecule has 4 aromatic rings. The van der Waals surface area contributed by atoms with Gasteiger partial charge in [-0.2, -0.15) is 0 Å². The standard InChI is InChI=1S/C25H21F2N3O3S/c26-16-4-3-15(20(27)12-16)13-30-21-14-29(11-9-18(21)19-2-1-10-28-24(19)30)23(31)8-6-17-5-7-22(34-17)25(32)33/h1-5,7,10,12H,6,8-9,11,13-14H2,(H,32,33). The normalized spacial score (nSPS) is 13.3. The fourth-order valence-corrected chi connectivity index (χ4v) is 5.33. The van der Waals surface area contributed by atoms with E-state index in [9.17, 15) is 18.4 Å². The molecule has 0 fully saturated rings. The van der Waals surface area contributed by atoms with E-state index in [0.717, 1.165) is 27.6 Å². The van der Waals surface area contributed by atoms with Gasteiger partial charge in [0.25, 0.3) is 0 Å². The number of carboxylic acids is 1. The zero-order valence-electron chi connectivity index (χ0n) is 18.1. The first-order valence-electron chi connectivity index (χ1n) is 10.9. The number of aromatic nitrogens is 2. The van der Waals surface area contributed by atoms with Gasteiger partial charge >= 0.3 is 5.97 Å². The van der Waals surface area contributed by atoms with Crippen molar-refractivity contribution >= 4 is 34.2 Å². The molecule has 1 aromatic carbocycles. The molecule has 0 spiro atoms. The molecule has 34 heavy (non-hydrogen) atoms. The highest BCUT2D eigenvalue weighted by atomic mass is 32.1. The number of aromatic carboxylic acids is 1. The summed E-state index contributed by atoms with van der Waals surface area (Å²) in [4.78, 5) is 31.5. The molecule has 174 valence electrons.